The zero-order valence-corrected chi connectivity index (χ0v) is 8.90. The number of pyridine rings is 1. The van der Waals surface area contributed by atoms with Gasteiger partial charge in [-0.1, -0.05) is 6.07 Å². The molecule has 0 bridgehead atoms. The summed E-state index contributed by atoms with van der Waals surface area (Å²) in [5.41, 5.74) is 3.54. The number of nitrogens with one attached hydrogen (secondary N) is 1. The lowest BCUT2D eigenvalue weighted by atomic mass is 10.1. The van der Waals surface area contributed by atoms with Crippen LogP contribution in [0.3, 0.4) is 0 Å². The first-order valence-electron chi connectivity index (χ1n) is 5.53. The minimum absolute atomic E-state index is 0.463. The van der Waals surface area contributed by atoms with Gasteiger partial charge in [-0.3, -0.25) is 0 Å². The van der Waals surface area contributed by atoms with Crippen LogP contribution in [0.1, 0.15) is 30.3 Å². The predicted octanol–water partition coefficient (Wildman–Crippen LogP) is 2.07. The van der Waals surface area contributed by atoms with Crippen LogP contribution in [-0.2, 0) is 0 Å². The first-order valence-corrected chi connectivity index (χ1v) is 5.53. The van der Waals surface area contributed by atoms with Gasteiger partial charge in [0.2, 0.25) is 0 Å². The van der Waals surface area contributed by atoms with Crippen molar-refractivity contribution in [3.63, 3.8) is 0 Å². The Balaban J connectivity index is 2.14. The SMILES string of the molecule is Cc1c(C2CCCN2)nc2ccccn12. The Bertz CT molecular complexity index is 481. The molecule has 1 saturated heterocycles. The van der Waals surface area contributed by atoms with Gasteiger partial charge in [0.1, 0.15) is 5.65 Å². The van der Waals surface area contributed by atoms with Crippen LogP contribution in [0.15, 0.2) is 24.4 Å². The van der Waals surface area contributed by atoms with Gasteiger partial charge < -0.3 is 9.72 Å². The number of aromatic nitrogens is 2. The fraction of sp³-hybridized carbons (Fsp3) is 0.417. The fourth-order valence-electron chi connectivity index (χ4n) is 2.38. The van der Waals surface area contributed by atoms with Crippen molar-refractivity contribution in [2.75, 3.05) is 6.54 Å². The van der Waals surface area contributed by atoms with E-state index in [0.717, 1.165) is 12.2 Å². The van der Waals surface area contributed by atoms with Crippen molar-refractivity contribution < 1.29 is 0 Å². The first kappa shape index (κ1) is 8.92. The Kier molecular flexibility index (Phi) is 1.99. The Morgan fingerprint density at radius 2 is 2.40 bits per heavy atom. The maximum Gasteiger partial charge on any atom is 0.137 e. The van der Waals surface area contributed by atoms with Crippen LogP contribution in [0.4, 0.5) is 0 Å². The van der Waals surface area contributed by atoms with E-state index in [1.54, 1.807) is 0 Å². The van der Waals surface area contributed by atoms with Crippen molar-refractivity contribution in [1.29, 1.82) is 0 Å². The average Bonchev–Trinajstić information content (AvgIpc) is 2.87. The highest BCUT2D eigenvalue weighted by Gasteiger charge is 2.21. The van der Waals surface area contributed by atoms with Gasteiger partial charge in [-0.05, 0) is 38.4 Å². The van der Waals surface area contributed by atoms with Gasteiger partial charge in [0.15, 0.2) is 0 Å². The Morgan fingerprint density at radius 3 is 3.13 bits per heavy atom. The third-order valence-electron chi connectivity index (χ3n) is 3.20. The number of imidazole rings is 1. The van der Waals surface area contributed by atoms with E-state index in [1.807, 2.05) is 12.1 Å². The maximum atomic E-state index is 4.69. The summed E-state index contributed by atoms with van der Waals surface area (Å²) in [6.45, 7) is 3.27. The second kappa shape index (κ2) is 3.35. The number of hydrogen-bond donors (Lipinski definition) is 1. The van der Waals surface area contributed by atoms with Gasteiger partial charge in [-0.15, -0.1) is 0 Å². The number of nitrogens with zero attached hydrogens (tertiary/aromatic N) is 2. The van der Waals surface area contributed by atoms with Crippen molar-refractivity contribution in [2.45, 2.75) is 25.8 Å². The molecule has 15 heavy (non-hydrogen) atoms. The van der Waals surface area contributed by atoms with E-state index in [0.29, 0.717) is 6.04 Å². The number of aryl methyl sites for hydroxylation is 1. The summed E-state index contributed by atoms with van der Waals surface area (Å²) in [6, 6.07) is 6.61. The number of fused-ring (bicyclic) bond motifs is 1. The maximum absolute atomic E-state index is 4.69. The molecule has 1 unspecified atom stereocenters. The minimum Gasteiger partial charge on any atom is -0.309 e. The molecule has 3 nitrogen and oxygen atoms in total. The molecule has 0 saturated carbocycles. The molecule has 1 aliphatic heterocycles. The molecule has 0 amide bonds. The largest absolute Gasteiger partial charge is 0.309 e. The minimum atomic E-state index is 0.463. The van der Waals surface area contributed by atoms with Crippen molar-refractivity contribution in [3.05, 3.63) is 35.8 Å². The highest BCUT2D eigenvalue weighted by molar-refractivity contribution is 5.43. The van der Waals surface area contributed by atoms with Crippen LogP contribution >= 0.6 is 0 Å². The van der Waals surface area contributed by atoms with Gasteiger partial charge in [-0.25, -0.2) is 4.98 Å². The van der Waals surface area contributed by atoms with Crippen LogP contribution in [0.25, 0.3) is 5.65 Å². The van der Waals surface area contributed by atoms with E-state index in [1.165, 1.54) is 24.2 Å². The molecule has 0 aliphatic carbocycles. The van der Waals surface area contributed by atoms with E-state index in [4.69, 9.17) is 4.98 Å². The predicted molar refractivity (Wildman–Crippen MR) is 59.9 cm³/mol. The summed E-state index contributed by atoms with van der Waals surface area (Å²) < 4.78 is 2.16. The van der Waals surface area contributed by atoms with Gasteiger partial charge in [0, 0.05) is 11.9 Å². The number of rotatable bonds is 1. The van der Waals surface area contributed by atoms with Gasteiger partial charge in [-0.2, -0.15) is 0 Å². The van der Waals surface area contributed by atoms with E-state index >= 15 is 0 Å². The second-order valence-electron chi connectivity index (χ2n) is 4.16. The molecular formula is C12H15N3. The molecule has 3 heterocycles. The van der Waals surface area contributed by atoms with Crippen LogP contribution in [-0.4, -0.2) is 15.9 Å². The molecule has 3 heteroatoms. The summed E-state index contributed by atoms with van der Waals surface area (Å²) in [5.74, 6) is 0. The quantitative estimate of drug-likeness (QED) is 0.765. The van der Waals surface area contributed by atoms with Crippen LogP contribution in [0.2, 0.25) is 0 Å². The molecule has 0 aromatic carbocycles. The van der Waals surface area contributed by atoms with E-state index in [9.17, 15) is 0 Å². The summed E-state index contributed by atoms with van der Waals surface area (Å²) in [4.78, 5) is 4.69. The number of hydrogen-bond acceptors (Lipinski definition) is 2. The molecule has 1 N–H and O–H groups in total. The molecule has 0 spiro atoms. The summed E-state index contributed by atoms with van der Waals surface area (Å²) in [7, 11) is 0. The lowest BCUT2D eigenvalue weighted by molar-refractivity contribution is 0.627. The van der Waals surface area contributed by atoms with Crippen molar-refractivity contribution in [1.82, 2.24) is 14.7 Å². The molecule has 0 radical (unpaired) electrons. The van der Waals surface area contributed by atoms with E-state index in [-0.39, 0.29) is 0 Å². The zero-order chi connectivity index (χ0) is 10.3. The first-order chi connectivity index (χ1) is 7.36. The molecule has 2 aromatic rings. The highest BCUT2D eigenvalue weighted by atomic mass is 15.1. The molecule has 2 aromatic heterocycles. The van der Waals surface area contributed by atoms with E-state index in [2.05, 4.69) is 28.9 Å². The molecule has 1 fully saturated rings. The highest BCUT2D eigenvalue weighted by Crippen LogP contribution is 2.25. The average molecular weight is 201 g/mol. The van der Waals surface area contributed by atoms with Gasteiger partial charge in [0.05, 0.1) is 11.7 Å². The van der Waals surface area contributed by atoms with Crippen LogP contribution in [0, 0.1) is 6.92 Å². The standard InChI is InChI=1S/C12H15N3/c1-9-12(10-5-4-7-13-10)14-11-6-2-3-8-15(9)11/h2-3,6,8,10,13H,4-5,7H2,1H3. The second-order valence-corrected chi connectivity index (χ2v) is 4.16. The van der Waals surface area contributed by atoms with Crippen LogP contribution < -0.4 is 5.32 Å². The fourth-order valence-corrected chi connectivity index (χ4v) is 2.38. The molecule has 1 aliphatic rings. The Morgan fingerprint density at radius 1 is 1.47 bits per heavy atom. The van der Waals surface area contributed by atoms with Crippen molar-refractivity contribution in [2.24, 2.45) is 0 Å². The third-order valence-corrected chi connectivity index (χ3v) is 3.20. The Hall–Kier alpha value is -1.35. The van der Waals surface area contributed by atoms with Gasteiger partial charge >= 0.3 is 0 Å². The zero-order valence-electron chi connectivity index (χ0n) is 8.90. The summed E-state index contributed by atoms with van der Waals surface area (Å²) in [5, 5.41) is 3.50. The van der Waals surface area contributed by atoms with Crippen molar-refractivity contribution in [3.8, 4) is 0 Å². The summed E-state index contributed by atoms with van der Waals surface area (Å²) >= 11 is 0. The molecule has 1 atom stereocenters. The van der Waals surface area contributed by atoms with E-state index < -0.39 is 0 Å². The normalized spacial score (nSPS) is 21.3. The lowest BCUT2D eigenvalue weighted by Gasteiger charge is -2.07. The van der Waals surface area contributed by atoms with Crippen molar-refractivity contribution >= 4 is 5.65 Å². The molecule has 78 valence electrons. The molecule has 3 rings (SSSR count). The lowest BCUT2D eigenvalue weighted by Crippen LogP contribution is -2.14. The molecular weight excluding hydrogens is 186 g/mol. The monoisotopic (exact) mass is 201 g/mol. The topological polar surface area (TPSA) is 29.3 Å². The van der Waals surface area contributed by atoms with Gasteiger partial charge in [0.25, 0.3) is 0 Å². The summed E-state index contributed by atoms with van der Waals surface area (Å²) in [6.07, 6.45) is 4.55. The third kappa shape index (κ3) is 1.35. The Labute approximate surface area is 89.1 Å². The van der Waals surface area contributed by atoms with Crippen LogP contribution in [0.5, 0.6) is 0 Å². The smallest absolute Gasteiger partial charge is 0.137 e.